The first-order valence-electron chi connectivity index (χ1n) is 6.91. The SMILES string of the molecule is O=[N+]([O-])c1cc(F)cc(Br)c1OCC(O)CC1CCCC1. The largest absolute Gasteiger partial charge is 0.483 e. The molecule has 0 saturated heterocycles. The zero-order valence-corrected chi connectivity index (χ0v) is 13.0. The minimum atomic E-state index is -0.715. The molecule has 5 nitrogen and oxygen atoms in total. The van der Waals surface area contributed by atoms with E-state index >= 15 is 0 Å². The standard InChI is InChI=1S/C14H17BrFNO4/c15-12-6-10(16)7-13(17(19)20)14(12)21-8-11(18)5-9-3-1-2-4-9/h6-7,9,11,18H,1-5,8H2. The maximum Gasteiger partial charge on any atom is 0.315 e. The number of ether oxygens (including phenoxy) is 1. The number of hydrogen-bond donors (Lipinski definition) is 1. The van der Waals surface area contributed by atoms with Crippen LogP contribution in [0.2, 0.25) is 0 Å². The number of aliphatic hydroxyl groups is 1. The predicted molar refractivity (Wildman–Crippen MR) is 78.8 cm³/mol. The Balaban J connectivity index is 2.00. The van der Waals surface area contributed by atoms with Gasteiger partial charge in [0.05, 0.1) is 21.6 Å². The van der Waals surface area contributed by atoms with Gasteiger partial charge in [0.25, 0.3) is 0 Å². The highest BCUT2D eigenvalue weighted by atomic mass is 79.9. The van der Waals surface area contributed by atoms with Crippen molar-refractivity contribution < 1.29 is 19.2 Å². The smallest absolute Gasteiger partial charge is 0.315 e. The van der Waals surface area contributed by atoms with Crippen LogP contribution in [0.3, 0.4) is 0 Å². The number of aliphatic hydroxyl groups excluding tert-OH is 1. The van der Waals surface area contributed by atoms with Gasteiger partial charge in [-0.2, -0.15) is 0 Å². The van der Waals surface area contributed by atoms with Crippen LogP contribution >= 0.6 is 15.9 Å². The predicted octanol–water partition coefficient (Wildman–Crippen LogP) is 3.82. The summed E-state index contributed by atoms with van der Waals surface area (Å²) >= 11 is 3.05. The molecule has 0 heterocycles. The summed E-state index contributed by atoms with van der Waals surface area (Å²) in [5.41, 5.74) is -0.449. The number of rotatable bonds is 6. The summed E-state index contributed by atoms with van der Waals surface area (Å²) in [4.78, 5) is 10.2. The van der Waals surface area contributed by atoms with Crippen LogP contribution < -0.4 is 4.74 Å². The second kappa shape index (κ2) is 7.17. The first-order chi connectivity index (χ1) is 9.97. The van der Waals surface area contributed by atoms with E-state index in [4.69, 9.17) is 4.74 Å². The van der Waals surface area contributed by atoms with Gasteiger partial charge >= 0.3 is 5.69 Å². The first-order valence-corrected chi connectivity index (χ1v) is 7.71. The second-order valence-electron chi connectivity index (χ2n) is 5.34. The summed E-state index contributed by atoms with van der Waals surface area (Å²) in [6.45, 7) is -0.0401. The second-order valence-corrected chi connectivity index (χ2v) is 6.20. The third kappa shape index (κ3) is 4.38. The summed E-state index contributed by atoms with van der Waals surface area (Å²) in [5, 5.41) is 20.9. The van der Waals surface area contributed by atoms with Crippen LogP contribution in [0.15, 0.2) is 16.6 Å². The Morgan fingerprint density at radius 1 is 1.48 bits per heavy atom. The molecule has 0 aromatic heterocycles. The Bertz CT molecular complexity index is 520. The van der Waals surface area contributed by atoms with Gasteiger partial charge < -0.3 is 9.84 Å². The lowest BCUT2D eigenvalue weighted by Gasteiger charge is -2.16. The van der Waals surface area contributed by atoms with Crippen molar-refractivity contribution in [1.82, 2.24) is 0 Å². The molecule has 7 heteroatoms. The molecular formula is C14H17BrFNO4. The molecule has 0 spiro atoms. The lowest BCUT2D eigenvalue weighted by Crippen LogP contribution is -2.20. The molecule has 0 aliphatic heterocycles. The topological polar surface area (TPSA) is 72.6 Å². The molecule has 1 N–H and O–H groups in total. The van der Waals surface area contributed by atoms with Gasteiger partial charge in [0.15, 0.2) is 0 Å². The Morgan fingerprint density at radius 2 is 2.14 bits per heavy atom. The lowest BCUT2D eigenvalue weighted by molar-refractivity contribution is -0.386. The number of nitro groups is 1. The zero-order valence-electron chi connectivity index (χ0n) is 11.4. The summed E-state index contributed by atoms with van der Waals surface area (Å²) in [7, 11) is 0. The molecular weight excluding hydrogens is 345 g/mol. The van der Waals surface area contributed by atoms with Crippen molar-refractivity contribution in [1.29, 1.82) is 0 Å². The molecule has 1 unspecified atom stereocenters. The van der Waals surface area contributed by atoms with Gasteiger partial charge in [0, 0.05) is 0 Å². The zero-order chi connectivity index (χ0) is 15.4. The van der Waals surface area contributed by atoms with Gasteiger partial charge in [0.2, 0.25) is 5.75 Å². The fourth-order valence-electron chi connectivity index (χ4n) is 2.70. The van der Waals surface area contributed by atoms with Gasteiger partial charge in [-0.05, 0) is 34.3 Å². The van der Waals surface area contributed by atoms with Gasteiger partial charge in [-0.15, -0.1) is 0 Å². The van der Waals surface area contributed by atoms with E-state index in [1.54, 1.807) is 0 Å². The average molecular weight is 362 g/mol. The van der Waals surface area contributed by atoms with Gasteiger partial charge in [-0.3, -0.25) is 10.1 Å². The molecule has 1 aliphatic carbocycles. The van der Waals surface area contributed by atoms with Gasteiger partial charge in [0.1, 0.15) is 12.4 Å². The van der Waals surface area contributed by atoms with E-state index in [0.717, 1.165) is 25.0 Å². The van der Waals surface area contributed by atoms with Crippen LogP contribution in [-0.4, -0.2) is 22.7 Å². The van der Waals surface area contributed by atoms with E-state index in [9.17, 15) is 19.6 Å². The highest BCUT2D eigenvalue weighted by Crippen LogP contribution is 2.36. The maximum absolute atomic E-state index is 13.2. The van der Waals surface area contributed by atoms with Crippen LogP contribution in [0.25, 0.3) is 0 Å². The molecule has 1 aromatic rings. The van der Waals surface area contributed by atoms with Crippen molar-refractivity contribution in [2.75, 3.05) is 6.61 Å². The highest BCUT2D eigenvalue weighted by Gasteiger charge is 2.23. The third-order valence-corrected chi connectivity index (χ3v) is 4.27. The fraction of sp³-hybridized carbons (Fsp3) is 0.571. The van der Waals surface area contributed by atoms with Crippen molar-refractivity contribution in [2.45, 2.75) is 38.2 Å². The monoisotopic (exact) mass is 361 g/mol. The van der Waals surface area contributed by atoms with Crippen molar-refractivity contribution in [3.8, 4) is 5.75 Å². The summed E-state index contributed by atoms with van der Waals surface area (Å²) in [6.07, 6.45) is 4.55. The van der Waals surface area contributed by atoms with Gasteiger partial charge in [-0.25, -0.2) is 4.39 Å². The highest BCUT2D eigenvalue weighted by molar-refractivity contribution is 9.10. The van der Waals surface area contributed by atoms with Crippen molar-refractivity contribution in [2.24, 2.45) is 5.92 Å². The molecule has 21 heavy (non-hydrogen) atoms. The summed E-state index contributed by atoms with van der Waals surface area (Å²) < 4.78 is 18.7. The fourth-order valence-corrected chi connectivity index (χ4v) is 3.24. The molecule has 1 aliphatic rings. The van der Waals surface area contributed by atoms with Crippen LogP contribution in [0, 0.1) is 21.8 Å². The van der Waals surface area contributed by atoms with E-state index in [2.05, 4.69) is 15.9 Å². The lowest BCUT2D eigenvalue weighted by atomic mass is 10.0. The molecule has 1 saturated carbocycles. The maximum atomic E-state index is 13.2. The minimum Gasteiger partial charge on any atom is -0.483 e. The molecule has 0 amide bonds. The van der Waals surface area contributed by atoms with Gasteiger partial charge in [-0.1, -0.05) is 25.7 Å². The molecule has 0 radical (unpaired) electrons. The van der Waals surface area contributed by atoms with E-state index in [0.29, 0.717) is 12.3 Å². The Kier molecular flexibility index (Phi) is 5.52. The van der Waals surface area contributed by atoms with Crippen LogP contribution in [0.5, 0.6) is 5.75 Å². The van der Waals surface area contributed by atoms with E-state index in [1.165, 1.54) is 12.8 Å². The molecule has 2 rings (SSSR count). The quantitative estimate of drug-likeness (QED) is 0.617. The van der Waals surface area contributed by atoms with Crippen LogP contribution in [-0.2, 0) is 0 Å². The van der Waals surface area contributed by atoms with E-state index in [1.807, 2.05) is 0 Å². The number of benzene rings is 1. The number of halogens is 2. The normalized spacial score (nSPS) is 16.9. The Labute approximate surface area is 130 Å². The molecule has 1 fully saturated rings. The molecule has 1 aromatic carbocycles. The van der Waals surface area contributed by atoms with Crippen molar-refractivity contribution >= 4 is 21.6 Å². The Hall–Kier alpha value is -1.21. The molecule has 116 valence electrons. The van der Waals surface area contributed by atoms with E-state index < -0.39 is 22.5 Å². The number of hydrogen-bond acceptors (Lipinski definition) is 4. The first kappa shape index (κ1) is 16.2. The third-order valence-electron chi connectivity index (χ3n) is 3.69. The summed E-state index contributed by atoms with van der Waals surface area (Å²) in [6, 6.07) is 1.91. The average Bonchev–Trinajstić information content (AvgIpc) is 2.89. The Morgan fingerprint density at radius 3 is 2.76 bits per heavy atom. The van der Waals surface area contributed by atoms with Crippen molar-refractivity contribution in [3.05, 3.63) is 32.5 Å². The van der Waals surface area contributed by atoms with Crippen LogP contribution in [0.4, 0.5) is 10.1 Å². The number of nitrogens with zero attached hydrogens (tertiary/aromatic N) is 1. The van der Waals surface area contributed by atoms with E-state index in [-0.39, 0.29) is 16.8 Å². The van der Waals surface area contributed by atoms with Crippen LogP contribution in [0.1, 0.15) is 32.1 Å². The van der Waals surface area contributed by atoms with Crippen molar-refractivity contribution in [3.63, 3.8) is 0 Å². The summed E-state index contributed by atoms with van der Waals surface area (Å²) in [5.74, 6) is -0.269. The molecule has 0 bridgehead atoms. The molecule has 1 atom stereocenters. The minimum absolute atomic E-state index is 0.0401. The number of nitro benzene ring substituents is 1.